The number of benzene rings is 1. The van der Waals surface area contributed by atoms with Crippen molar-refractivity contribution < 1.29 is 19.1 Å². The molecule has 1 atom stereocenters. The van der Waals surface area contributed by atoms with E-state index < -0.39 is 0 Å². The minimum Gasteiger partial charge on any atom is -0.380 e. The van der Waals surface area contributed by atoms with Gasteiger partial charge in [-0.3, -0.25) is 19.3 Å². The first-order valence-corrected chi connectivity index (χ1v) is 11.4. The molecule has 3 amide bonds. The predicted molar refractivity (Wildman–Crippen MR) is 115 cm³/mol. The van der Waals surface area contributed by atoms with Gasteiger partial charge in [0.25, 0.3) is 11.8 Å². The molecule has 6 nitrogen and oxygen atoms in total. The Morgan fingerprint density at radius 2 is 1.50 bits per heavy atom. The minimum atomic E-state index is -0.156. The molecule has 1 aromatic rings. The number of hydrogen-bond acceptors (Lipinski definition) is 4. The summed E-state index contributed by atoms with van der Waals surface area (Å²) in [6.07, 6.45) is 10.4. The largest absolute Gasteiger partial charge is 0.380 e. The van der Waals surface area contributed by atoms with Gasteiger partial charge in [-0.1, -0.05) is 50.7 Å². The summed E-state index contributed by atoms with van der Waals surface area (Å²) < 4.78 is 5.31. The zero-order valence-electron chi connectivity index (χ0n) is 18.1. The van der Waals surface area contributed by atoms with Gasteiger partial charge in [0.05, 0.1) is 17.2 Å². The fourth-order valence-corrected chi connectivity index (χ4v) is 4.35. The van der Waals surface area contributed by atoms with Gasteiger partial charge >= 0.3 is 0 Å². The molecule has 1 fully saturated rings. The molecular formula is C24H34N2O4. The number of amides is 3. The molecule has 0 spiro atoms. The van der Waals surface area contributed by atoms with Gasteiger partial charge in [0.2, 0.25) is 5.91 Å². The highest BCUT2D eigenvalue weighted by atomic mass is 16.5. The fraction of sp³-hybridized carbons (Fsp3) is 0.625. The van der Waals surface area contributed by atoms with Crippen LogP contribution in [0.5, 0.6) is 0 Å². The van der Waals surface area contributed by atoms with E-state index in [4.69, 9.17) is 4.74 Å². The monoisotopic (exact) mass is 414 g/mol. The van der Waals surface area contributed by atoms with Crippen LogP contribution in [0, 0.1) is 0 Å². The lowest BCUT2D eigenvalue weighted by atomic mass is 10.1. The summed E-state index contributed by atoms with van der Waals surface area (Å²) in [6.45, 7) is 2.09. The zero-order valence-corrected chi connectivity index (χ0v) is 18.1. The van der Waals surface area contributed by atoms with Crippen LogP contribution in [0.15, 0.2) is 24.3 Å². The molecule has 30 heavy (non-hydrogen) atoms. The highest BCUT2D eigenvalue weighted by Crippen LogP contribution is 2.23. The van der Waals surface area contributed by atoms with Gasteiger partial charge in [-0.05, 0) is 31.4 Å². The van der Waals surface area contributed by atoms with Crippen LogP contribution in [-0.4, -0.2) is 60.4 Å². The molecule has 2 heterocycles. The normalized spacial score (nSPS) is 18.4. The van der Waals surface area contributed by atoms with Crippen molar-refractivity contribution in [3.05, 3.63) is 35.4 Å². The average Bonchev–Trinajstić information content (AvgIpc) is 3.34. The van der Waals surface area contributed by atoms with Crippen LogP contribution >= 0.6 is 0 Å². The Labute approximate surface area is 179 Å². The second kappa shape index (κ2) is 11.3. The van der Waals surface area contributed by atoms with Crippen molar-refractivity contribution in [2.24, 2.45) is 0 Å². The van der Waals surface area contributed by atoms with Gasteiger partial charge in [-0.15, -0.1) is 0 Å². The van der Waals surface area contributed by atoms with Crippen molar-refractivity contribution in [1.82, 2.24) is 9.80 Å². The molecule has 0 radical (unpaired) electrons. The Morgan fingerprint density at radius 1 is 0.933 bits per heavy atom. The maximum atomic E-state index is 12.3. The van der Waals surface area contributed by atoms with Crippen LogP contribution in [-0.2, 0) is 9.53 Å². The smallest absolute Gasteiger partial charge is 0.261 e. The van der Waals surface area contributed by atoms with Crippen LogP contribution in [0.3, 0.4) is 0 Å². The SMILES string of the molecule is COC1CCN(C(=O)CCCCCCCCCCN2C(=O)c3ccccc3C2=O)C1. The number of hydrogen-bond donors (Lipinski definition) is 0. The number of carbonyl (C=O) groups is 3. The molecule has 0 N–H and O–H groups in total. The van der Waals surface area contributed by atoms with Gasteiger partial charge in [0, 0.05) is 33.2 Å². The lowest BCUT2D eigenvalue weighted by Gasteiger charge is -2.16. The van der Waals surface area contributed by atoms with E-state index in [9.17, 15) is 14.4 Å². The average molecular weight is 415 g/mol. The third kappa shape index (κ3) is 5.69. The molecule has 0 bridgehead atoms. The van der Waals surface area contributed by atoms with Gasteiger partial charge in [0.1, 0.15) is 0 Å². The number of rotatable bonds is 12. The maximum Gasteiger partial charge on any atom is 0.261 e. The van der Waals surface area contributed by atoms with Crippen molar-refractivity contribution in [3.63, 3.8) is 0 Å². The Morgan fingerprint density at radius 3 is 2.07 bits per heavy atom. The number of carbonyl (C=O) groups excluding carboxylic acids is 3. The van der Waals surface area contributed by atoms with E-state index in [0.717, 1.165) is 64.5 Å². The topological polar surface area (TPSA) is 66.9 Å². The van der Waals surface area contributed by atoms with Crippen molar-refractivity contribution >= 4 is 17.7 Å². The van der Waals surface area contributed by atoms with Gasteiger partial charge in [-0.2, -0.15) is 0 Å². The zero-order chi connectivity index (χ0) is 21.3. The van der Waals surface area contributed by atoms with Crippen LogP contribution in [0.4, 0.5) is 0 Å². The number of unbranched alkanes of at least 4 members (excludes halogenated alkanes) is 7. The van der Waals surface area contributed by atoms with E-state index in [1.54, 1.807) is 31.4 Å². The van der Waals surface area contributed by atoms with E-state index in [0.29, 0.717) is 24.1 Å². The third-order valence-corrected chi connectivity index (χ3v) is 6.23. The lowest BCUT2D eigenvalue weighted by molar-refractivity contribution is -0.130. The highest BCUT2D eigenvalue weighted by molar-refractivity contribution is 6.21. The maximum absolute atomic E-state index is 12.3. The Balaban J connectivity index is 1.18. The molecule has 164 valence electrons. The third-order valence-electron chi connectivity index (χ3n) is 6.23. The summed E-state index contributed by atoms with van der Waals surface area (Å²) in [6, 6.07) is 7.05. The lowest BCUT2D eigenvalue weighted by Crippen LogP contribution is -2.30. The van der Waals surface area contributed by atoms with Gasteiger partial charge in [0.15, 0.2) is 0 Å². The van der Waals surface area contributed by atoms with Crippen molar-refractivity contribution in [3.8, 4) is 0 Å². The molecule has 2 aliphatic rings. The van der Waals surface area contributed by atoms with E-state index >= 15 is 0 Å². The van der Waals surface area contributed by atoms with E-state index in [1.165, 1.54) is 11.3 Å². The summed E-state index contributed by atoms with van der Waals surface area (Å²) in [7, 11) is 1.71. The van der Waals surface area contributed by atoms with E-state index in [1.807, 2.05) is 4.90 Å². The number of nitrogens with zero attached hydrogens (tertiary/aromatic N) is 2. The van der Waals surface area contributed by atoms with Crippen LogP contribution < -0.4 is 0 Å². The molecule has 0 aromatic heterocycles. The summed E-state index contributed by atoms with van der Waals surface area (Å²) in [5.41, 5.74) is 1.06. The minimum absolute atomic E-state index is 0.156. The number of methoxy groups -OCH3 is 1. The van der Waals surface area contributed by atoms with Crippen molar-refractivity contribution in [1.29, 1.82) is 0 Å². The fourth-order valence-electron chi connectivity index (χ4n) is 4.35. The first-order valence-electron chi connectivity index (χ1n) is 11.4. The molecule has 1 aromatic carbocycles. The van der Waals surface area contributed by atoms with Crippen LogP contribution in [0.2, 0.25) is 0 Å². The second-order valence-corrected chi connectivity index (χ2v) is 8.37. The van der Waals surface area contributed by atoms with Gasteiger partial charge in [-0.25, -0.2) is 0 Å². The summed E-state index contributed by atoms with van der Waals surface area (Å²) in [4.78, 5) is 40.1. The van der Waals surface area contributed by atoms with Crippen LogP contribution in [0.25, 0.3) is 0 Å². The van der Waals surface area contributed by atoms with Crippen molar-refractivity contribution in [2.75, 3.05) is 26.7 Å². The second-order valence-electron chi connectivity index (χ2n) is 8.37. The standard InChI is InChI=1S/C24H34N2O4/c1-30-19-15-17-25(18-19)22(27)14-8-6-4-2-3-5-7-11-16-26-23(28)20-12-9-10-13-21(20)24(26)29/h9-10,12-13,19H,2-8,11,14-18H2,1H3. The van der Waals surface area contributed by atoms with Crippen LogP contribution in [0.1, 0.15) is 84.9 Å². The Bertz CT molecular complexity index is 713. The van der Waals surface area contributed by atoms with Crippen molar-refractivity contribution in [2.45, 2.75) is 70.3 Å². The van der Waals surface area contributed by atoms with E-state index in [-0.39, 0.29) is 23.8 Å². The Kier molecular flexibility index (Phi) is 8.43. The Hall–Kier alpha value is -2.21. The number of fused-ring (bicyclic) bond motifs is 1. The molecule has 6 heteroatoms. The predicted octanol–water partition coefficient (Wildman–Crippen LogP) is 4.04. The summed E-state index contributed by atoms with van der Waals surface area (Å²) in [5, 5.41) is 0. The van der Waals surface area contributed by atoms with Gasteiger partial charge < -0.3 is 9.64 Å². The number of likely N-dealkylation sites (tertiary alicyclic amines) is 1. The summed E-state index contributed by atoms with van der Waals surface area (Å²) in [5.74, 6) is -0.0451. The quantitative estimate of drug-likeness (QED) is 0.382. The molecule has 0 aliphatic carbocycles. The molecule has 2 aliphatic heterocycles. The van der Waals surface area contributed by atoms with E-state index in [2.05, 4.69) is 0 Å². The molecule has 1 unspecified atom stereocenters. The molecule has 1 saturated heterocycles. The molecular weight excluding hydrogens is 380 g/mol. The molecule has 0 saturated carbocycles. The number of imide groups is 1. The highest BCUT2D eigenvalue weighted by Gasteiger charge is 2.34. The molecule has 3 rings (SSSR count). The number of ether oxygens (including phenoxy) is 1. The first kappa shape index (κ1) is 22.5. The summed E-state index contributed by atoms with van der Waals surface area (Å²) >= 11 is 0. The first-order chi connectivity index (χ1) is 14.6.